The highest BCUT2D eigenvalue weighted by atomic mass is 16.3. The van der Waals surface area contributed by atoms with Crippen LogP contribution in [0.5, 0.6) is 0 Å². The summed E-state index contributed by atoms with van der Waals surface area (Å²) in [5.41, 5.74) is 1.92. The van der Waals surface area contributed by atoms with Crippen LogP contribution in [0.1, 0.15) is 24.1 Å². The smallest absolute Gasteiger partial charge is 0.246 e. The molecule has 1 aliphatic rings. The minimum Gasteiger partial charge on any atom is -0.391 e. The van der Waals surface area contributed by atoms with Crippen molar-refractivity contribution in [3.05, 3.63) is 60.2 Å². The highest BCUT2D eigenvalue weighted by Gasteiger charge is 2.32. The Labute approximate surface area is 135 Å². The van der Waals surface area contributed by atoms with Crippen molar-refractivity contribution in [1.29, 1.82) is 0 Å². The number of carbonyl (C=O) groups is 1. The summed E-state index contributed by atoms with van der Waals surface area (Å²) in [6.45, 7) is 0.681. The number of aliphatic hydroxyl groups is 1. The van der Waals surface area contributed by atoms with E-state index >= 15 is 0 Å². The molecule has 1 saturated heterocycles. The Hall–Kier alpha value is -2.40. The van der Waals surface area contributed by atoms with Gasteiger partial charge < -0.3 is 15.0 Å². The fraction of sp³-hybridized carbons (Fsp3) is 0.333. The number of nitrogens with zero attached hydrogens (tertiary/aromatic N) is 2. The molecule has 5 heteroatoms. The molecular weight excluding hydrogens is 290 g/mol. The van der Waals surface area contributed by atoms with Crippen LogP contribution >= 0.6 is 0 Å². The predicted molar refractivity (Wildman–Crippen MR) is 88.5 cm³/mol. The summed E-state index contributed by atoms with van der Waals surface area (Å²) < 4.78 is 0. The predicted octanol–water partition coefficient (Wildman–Crippen LogP) is 2.02. The van der Waals surface area contributed by atoms with E-state index in [-0.39, 0.29) is 11.9 Å². The summed E-state index contributed by atoms with van der Waals surface area (Å²) >= 11 is 0. The van der Waals surface area contributed by atoms with Crippen molar-refractivity contribution >= 4 is 12.0 Å². The lowest BCUT2D eigenvalue weighted by Crippen LogP contribution is -2.51. The van der Waals surface area contributed by atoms with Crippen molar-refractivity contribution in [1.82, 2.24) is 14.9 Å². The summed E-state index contributed by atoms with van der Waals surface area (Å²) in [7, 11) is 0. The number of aromatic nitrogens is 2. The third kappa shape index (κ3) is 3.87. The van der Waals surface area contributed by atoms with E-state index in [4.69, 9.17) is 0 Å². The number of hydrogen-bond acceptors (Lipinski definition) is 3. The zero-order chi connectivity index (χ0) is 16.1. The van der Waals surface area contributed by atoms with Gasteiger partial charge in [-0.1, -0.05) is 30.3 Å². The minimum absolute atomic E-state index is 0.0701. The van der Waals surface area contributed by atoms with Gasteiger partial charge in [0, 0.05) is 12.6 Å². The van der Waals surface area contributed by atoms with Crippen molar-refractivity contribution in [2.75, 3.05) is 6.54 Å². The minimum atomic E-state index is -0.478. The van der Waals surface area contributed by atoms with Crippen molar-refractivity contribution < 1.29 is 9.90 Å². The first-order chi connectivity index (χ1) is 11.2. The summed E-state index contributed by atoms with van der Waals surface area (Å²) in [4.78, 5) is 21.2. The molecule has 1 amide bonds. The molecule has 0 radical (unpaired) electrons. The molecule has 0 unspecified atom stereocenters. The molecule has 1 aliphatic heterocycles. The summed E-state index contributed by atoms with van der Waals surface area (Å²) in [5.74, 6) is -0.0701. The van der Waals surface area contributed by atoms with Gasteiger partial charge in [-0.15, -0.1) is 0 Å². The van der Waals surface area contributed by atoms with Crippen LogP contribution in [0.3, 0.4) is 0 Å². The average Bonchev–Trinajstić information content (AvgIpc) is 3.09. The van der Waals surface area contributed by atoms with Crippen LogP contribution in [0.25, 0.3) is 6.08 Å². The third-order valence-corrected chi connectivity index (χ3v) is 4.24. The van der Waals surface area contributed by atoms with E-state index in [2.05, 4.69) is 9.97 Å². The zero-order valence-corrected chi connectivity index (χ0v) is 12.9. The fourth-order valence-electron chi connectivity index (χ4n) is 3.03. The Bertz CT molecular complexity index is 652. The highest BCUT2D eigenvalue weighted by molar-refractivity contribution is 5.91. The Morgan fingerprint density at radius 2 is 2.22 bits per heavy atom. The summed E-state index contributed by atoms with van der Waals surface area (Å²) in [5, 5.41) is 10.4. The largest absolute Gasteiger partial charge is 0.391 e. The number of benzene rings is 1. The number of likely N-dealkylation sites (tertiary alicyclic amines) is 1. The van der Waals surface area contributed by atoms with Crippen molar-refractivity contribution in [2.24, 2.45) is 0 Å². The standard InChI is InChI=1S/C18H21N3O2/c22-17-7-4-10-21(16(17)11-14-5-2-1-3-6-14)18(23)9-8-15-12-19-13-20-15/h1-3,5-6,8-9,12-13,16-17,22H,4,7,10-11H2,(H,19,20)/b9-8+/t16-,17-/m0/s1. The van der Waals surface area contributed by atoms with Crippen LogP contribution in [-0.2, 0) is 11.2 Å². The van der Waals surface area contributed by atoms with Gasteiger partial charge in [0.1, 0.15) is 0 Å². The second kappa shape index (κ2) is 7.24. The number of amides is 1. The van der Waals surface area contributed by atoms with Gasteiger partial charge in [-0.25, -0.2) is 4.98 Å². The van der Waals surface area contributed by atoms with Crippen molar-refractivity contribution in [2.45, 2.75) is 31.4 Å². The van der Waals surface area contributed by atoms with Gasteiger partial charge in [-0.2, -0.15) is 0 Å². The number of imidazole rings is 1. The molecule has 2 heterocycles. The summed E-state index contributed by atoms with van der Waals surface area (Å²) in [6.07, 6.45) is 8.27. The van der Waals surface area contributed by atoms with Crippen LogP contribution in [-0.4, -0.2) is 44.6 Å². The van der Waals surface area contributed by atoms with E-state index in [0.29, 0.717) is 13.0 Å². The van der Waals surface area contributed by atoms with E-state index in [1.807, 2.05) is 30.3 Å². The molecule has 23 heavy (non-hydrogen) atoms. The number of carbonyl (C=O) groups excluding carboxylic acids is 1. The quantitative estimate of drug-likeness (QED) is 0.849. The molecule has 5 nitrogen and oxygen atoms in total. The van der Waals surface area contributed by atoms with Gasteiger partial charge in [0.15, 0.2) is 0 Å². The van der Waals surface area contributed by atoms with Gasteiger partial charge in [0.2, 0.25) is 5.91 Å². The third-order valence-electron chi connectivity index (χ3n) is 4.24. The van der Waals surface area contributed by atoms with Crippen molar-refractivity contribution in [3.8, 4) is 0 Å². The van der Waals surface area contributed by atoms with E-state index in [0.717, 1.165) is 24.1 Å². The molecule has 2 N–H and O–H groups in total. The molecule has 2 atom stereocenters. The molecule has 1 aromatic carbocycles. The normalized spacial score (nSPS) is 21.7. The number of aromatic amines is 1. The fourth-order valence-corrected chi connectivity index (χ4v) is 3.03. The molecule has 120 valence electrons. The molecule has 2 aromatic rings. The number of piperidine rings is 1. The summed E-state index contributed by atoms with van der Waals surface area (Å²) in [6, 6.07) is 9.82. The number of nitrogens with one attached hydrogen (secondary N) is 1. The SMILES string of the molecule is O=C(/C=C/c1cnc[nH]1)N1CCC[C@H](O)[C@@H]1Cc1ccccc1. The molecule has 1 aromatic heterocycles. The van der Waals surface area contributed by atoms with E-state index in [1.165, 1.54) is 0 Å². The second-order valence-corrected chi connectivity index (χ2v) is 5.84. The lowest BCUT2D eigenvalue weighted by molar-refractivity contribution is -0.133. The monoisotopic (exact) mass is 311 g/mol. The first kappa shape index (κ1) is 15.5. The molecule has 0 bridgehead atoms. The first-order valence-electron chi connectivity index (χ1n) is 7.93. The average molecular weight is 311 g/mol. The molecule has 0 spiro atoms. The molecule has 0 aliphatic carbocycles. The number of H-pyrrole nitrogens is 1. The highest BCUT2D eigenvalue weighted by Crippen LogP contribution is 2.22. The van der Waals surface area contributed by atoms with Crippen LogP contribution in [0.15, 0.2) is 48.9 Å². The van der Waals surface area contributed by atoms with Crippen LogP contribution in [0, 0.1) is 0 Å². The lowest BCUT2D eigenvalue weighted by atomic mass is 9.93. The van der Waals surface area contributed by atoms with Gasteiger partial charge in [-0.05, 0) is 30.9 Å². The first-order valence-corrected chi connectivity index (χ1v) is 7.93. The second-order valence-electron chi connectivity index (χ2n) is 5.84. The van der Waals surface area contributed by atoms with Crippen molar-refractivity contribution in [3.63, 3.8) is 0 Å². The van der Waals surface area contributed by atoms with Gasteiger partial charge in [0.05, 0.1) is 30.4 Å². The maximum atomic E-state index is 12.5. The van der Waals surface area contributed by atoms with Gasteiger partial charge in [-0.3, -0.25) is 4.79 Å². The van der Waals surface area contributed by atoms with E-state index < -0.39 is 6.10 Å². The number of rotatable bonds is 4. The van der Waals surface area contributed by atoms with Crippen LogP contribution < -0.4 is 0 Å². The van der Waals surface area contributed by atoms with Crippen LogP contribution in [0.2, 0.25) is 0 Å². The van der Waals surface area contributed by atoms with E-state index in [1.54, 1.807) is 29.6 Å². The van der Waals surface area contributed by atoms with Gasteiger partial charge in [0.25, 0.3) is 0 Å². The lowest BCUT2D eigenvalue weighted by Gasteiger charge is -2.38. The number of aliphatic hydroxyl groups excluding tert-OH is 1. The Morgan fingerprint density at radius 1 is 1.39 bits per heavy atom. The molecule has 1 fully saturated rings. The molecule has 3 rings (SSSR count). The van der Waals surface area contributed by atoms with Crippen LogP contribution in [0.4, 0.5) is 0 Å². The topological polar surface area (TPSA) is 69.2 Å². The molecular formula is C18H21N3O2. The van der Waals surface area contributed by atoms with Gasteiger partial charge >= 0.3 is 0 Å². The number of hydrogen-bond donors (Lipinski definition) is 2. The maximum Gasteiger partial charge on any atom is 0.246 e. The maximum absolute atomic E-state index is 12.5. The van der Waals surface area contributed by atoms with E-state index in [9.17, 15) is 9.90 Å². The Morgan fingerprint density at radius 3 is 2.96 bits per heavy atom. The Kier molecular flexibility index (Phi) is 4.88. The molecule has 0 saturated carbocycles. The zero-order valence-electron chi connectivity index (χ0n) is 12.9. The Balaban J connectivity index is 1.73.